The number of benzene rings is 2. The molecular formula is C22H26N6O3. The first-order valence-corrected chi connectivity index (χ1v) is 9.70. The highest BCUT2D eigenvalue weighted by molar-refractivity contribution is 6.04. The number of nitrogen functional groups attached to an aromatic ring is 1. The van der Waals surface area contributed by atoms with Crippen LogP contribution in [0, 0.1) is 5.41 Å². The summed E-state index contributed by atoms with van der Waals surface area (Å²) in [4.78, 5) is 30.7. The number of nitrogens with one attached hydrogen (secondary N) is 2. The van der Waals surface area contributed by atoms with Crippen LogP contribution in [0.1, 0.15) is 22.3 Å². The maximum atomic E-state index is 12.8. The minimum atomic E-state index is -0.381. The molecule has 1 amide bonds. The van der Waals surface area contributed by atoms with Gasteiger partial charge in [-0.05, 0) is 12.1 Å². The molecule has 2 aromatic carbocycles. The van der Waals surface area contributed by atoms with Crippen molar-refractivity contribution in [1.82, 2.24) is 14.9 Å². The summed E-state index contributed by atoms with van der Waals surface area (Å²) >= 11 is 0. The fraction of sp³-hybridized carbons (Fsp3) is 0.273. The van der Waals surface area contributed by atoms with Gasteiger partial charge >= 0.3 is 5.97 Å². The van der Waals surface area contributed by atoms with E-state index in [4.69, 9.17) is 16.1 Å². The SMILES string of the molecule is COC(=O)CCNC(=O)c1cc2nc(-c3ccc(C(=N)N)cc3)n(C)c2cc1N(C)C. The van der Waals surface area contributed by atoms with Crippen molar-refractivity contribution in [2.24, 2.45) is 12.8 Å². The Labute approximate surface area is 180 Å². The Morgan fingerprint density at radius 1 is 1.23 bits per heavy atom. The second-order valence-corrected chi connectivity index (χ2v) is 7.32. The Kier molecular flexibility index (Phi) is 6.24. The normalized spacial score (nSPS) is 10.7. The van der Waals surface area contributed by atoms with Gasteiger partial charge in [-0.3, -0.25) is 15.0 Å². The largest absolute Gasteiger partial charge is 0.469 e. The zero-order chi connectivity index (χ0) is 22.7. The lowest BCUT2D eigenvalue weighted by atomic mass is 10.1. The Morgan fingerprint density at radius 2 is 1.90 bits per heavy atom. The lowest BCUT2D eigenvalue weighted by molar-refractivity contribution is -0.140. The van der Waals surface area contributed by atoms with Gasteiger partial charge in [0.1, 0.15) is 11.7 Å². The van der Waals surface area contributed by atoms with Crippen LogP contribution in [0.3, 0.4) is 0 Å². The summed E-state index contributed by atoms with van der Waals surface area (Å²) in [5, 5.41) is 10.3. The van der Waals surface area contributed by atoms with Crippen molar-refractivity contribution in [3.63, 3.8) is 0 Å². The second kappa shape index (κ2) is 8.86. The Balaban J connectivity index is 1.99. The van der Waals surface area contributed by atoms with Crippen molar-refractivity contribution in [1.29, 1.82) is 5.41 Å². The molecule has 1 aromatic heterocycles. The van der Waals surface area contributed by atoms with Crippen LogP contribution in [-0.4, -0.2) is 55.0 Å². The number of amidine groups is 1. The molecule has 1 heterocycles. The smallest absolute Gasteiger partial charge is 0.307 e. The summed E-state index contributed by atoms with van der Waals surface area (Å²) in [6.07, 6.45) is 0.103. The predicted octanol–water partition coefficient (Wildman–Crippen LogP) is 1.88. The van der Waals surface area contributed by atoms with Crippen molar-refractivity contribution < 1.29 is 14.3 Å². The maximum absolute atomic E-state index is 12.8. The number of nitrogens with zero attached hydrogens (tertiary/aromatic N) is 3. The van der Waals surface area contributed by atoms with Crippen LogP contribution >= 0.6 is 0 Å². The van der Waals surface area contributed by atoms with Crippen LogP contribution in [0.5, 0.6) is 0 Å². The van der Waals surface area contributed by atoms with Crippen molar-refractivity contribution in [2.45, 2.75) is 6.42 Å². The molecule has 162 valence electrons. The number of anilines is 1. The molecule has 0 fully saturated rings. The summed E-state index contributed by atoms with van der Waals surface area (Å²) in [5.74, 6) is 0.0781. The van der Waals surface area contributed by atoms with E-state index in [0.717, 1.165) is 22.6 Å². The topological polar surface area (TPSA) is 126 Å². The van der Waals surface area contributed by atoms with Gasteiger partial charge in [0.25, 0.3) is 5.91 Å². The first-order chi connectivity index (χ1) is 14.7. The van der Waals surface area contributed by atoms with E-state index in [-0.39, 0.29) is 30.7 Å². The van der Waals surface area contributed by atoms with Crippen LogP contribution in [-0.2, 0) is 16.6 Å². The van der Waals surface area contributed by atoms with Gasteiger partial charge in [-0.2, -0.15) is 0 Å². The third-order valence-electron chi connectivity index (χ3n) is 5.02. The Hall–Kier alpha value is -3.88. The summed E-state index contributed by atoms with van der Waals surface area (Å²) in [6.45, 7) is 0.187. The van der Waals surface area contributed by atoms with Gasteiger partial charge in [-0.25, -0.2) is 4.98 Å². The number of amides is 1. The van der Waals surface area contributed by atoms with Gasteiger partial charge in [0.2, 0.25) is 0 Å². The van der Waals surface area contributed by atoms with Crippen LogP contribution in [0.4, 0.5) is 5.69 Å². The summed E-state index contributed by atoms with van der Waals surface area (Å²) in [6, 6.07) is 11.0. The van der Waals surface area contributed by atoms with Crippen molar-refractivity contribution >= 4 is 34.4 Å². The molecule has 9 nitrogen and oxygen atoms in total. The molecule has 0 bridgehead atoms. The molecular weight excluding hydrogens is 396 g/mol. The summed E-state index contributed by atoms with van der Waals surface area (Å²) in [5.41, 5.74) is 9.82. The molecule has 0 aliphatic carbocycles. The Bertz CT molecular complexity index is 1150. The number of hydrogen-bond donors (Lipinski definition) is 3. The zero-order valence-corrected chi connectivity index (χ0v) is 18.0. The van der Waals surface area contributed by atoms with Crippen molar-refractivity contribution in [2.75, 3.05) is 32.6 Å². The number of carbonyl (C=O) groups is 2. The zero-order valence-electron chi connectivity index (χ0n) is 18.0. The number of fused-ring (bicyclic) bond motifs is 1. The molecule has 4 N–H and O–H groups in total. The van der Waals surface area contributed by atoms with E-state index in [1.807, 2.05) is 48.8 Å². The van der Waals surface area contributed by atoms with Crippen LogP contribution in [0.25, 0.3) is 22.4 Å². The van der Waals surface area contributed by atoms with E-state index in [1.54, 1.807) is 18.2 Å². The van der Waals surface area contributed by atoms with Crippen LogP contribution in [0.15, 0.2) is 36.4 Å². The van der Waals surface area contributed by atoms with Gasteiger partial charge in [-0.1, -0.05) is 24.3 Å². The van der Waals surface area contributed by atoms with Crippen LogP contribution in [0.2, 0.25) is 0 Å². The molecule has 0 unspecified atom stereocenters. The van der Waals surface area contributed by atoms with E-state index in [9.17, 15) is 9.59 Å². The first-order valence-electron chi connectivity index (χ1n) is 9.70. The van der Waals surface area contributed by atoms with Gasteiger partial charge in [0.15, 0.2) is 0 Å². The van der Waals surface area contributed by atoms with Crippen LogP contribution < -0.4 is 16.0 Å². The minimum Gasteiger partial charge on any atom is -0.469 e. The highest BCUT2D eigenvalue weighted by Gasteiger charge is 2.19. The quantitative estimate of drug-likeness (QED) is 0.303. The van der Waals surface area contributed by atoms with Gasteiger partial charge in [-0.15, -0.1) is 0 Å². The predicted molar refractivity (Wildman–Crippen MR) is 120 cm³/mol. The molecule has 0 saturated carbocycles. The number of carbonyl (C=O) groups excluding carboxylic acids is 2. The number of nitrogens with two attached hydrogens (primary N) is 1. The average Bonchev–Trinajstić information content (AvgIpc) is 3.08. The first kappa shape index (κ1) is 21.8. The molecule has 3 rings (SSSR count). The molecule has 9 heteroatoms. The number of hydrogen-bond acceptors (Lipinski definition) is 6. The average molecular weight is 422 g/mol. The number of aromatic nitrogens is 2. The van der Waals surface area contributed by atoms with E-state index in [2.05, 4.69) is 10.1 Å². The van der Waals surface area contributed by atoms with E-state index in [0.29, 0.717) is 16.6 Å². The standard InChI is InChI=1S/C22H26N6O3/c1-27(2)17-12-18-16(11-15(17)22(30)25-10-9-19(29)31-4)26-21(28(18)3)14-7-5-13(6-8-14)20(23)24/h5-8,11-12H,9-10H2,1-4H3,(H3,23,24)(H,25,30). The third kappa shape index (κ3) is 4.50. The molecule has 0 aliphatic rings. The lowest BCUT2D eigenvalue weighted by Crippen LogP contribution is -2.28. The fourth-order valence-electron chi connectivity index (χ4n) is 3.31. The fourth-order valence-corrected chi connectivity index (χ4v) is 3.31. The molecule has 0 saturated heterocycles. The number of methoxy groups -OCH3 is 1. The molecule has 0 spiro atoms. The van der Waals surface area contributed by atoms with Gasteiger partial charge in [0, 0.05) is 38.8 Å². The molecule has 0 radical (unpaired) electrons. The van der Waals surface area contributed by atoms with E-state index >= 15 is 0 Å². The van der Waals surface area contributed by atoms with Gasteiger partial charge in [0.05, 0.1) is 35.8 Å². The number of esters is 1. The van der Waals surface area contributed by atoms with Crippen molar-refractivity contribution in [3.05, 3.63) is 47.5 Å². The maximum Gasteiger partial charge on any atom is 0.307 e. The highest BCUT2D eigenvalue weighted by Crippen LogP contribution is 2.30. The number of aryl methyl sites for hydroxylation is 1. The molecule has 0 atom stereocenters. The van der Waals surface area contributed by atoms with E-state index in [1.165, 1.54) is 7.11 Å². The Morgan fingerprint density at radius 3 is 2.48 bits per heavy atom. The van der Waals surface area contributed by atoms with E-state index < -0.39 is 0 Å². The lowest BCUT2D eigenvalue weighted by Gasteiger charge is -2.17. The molecule has 0 aliphatic heterocycles. The minimum absolute atomic E-state index is 0.00929. The number of ether oxygens (including phenoxy) is 1. The van der Waals surface area contributed by atoms with Gasteiger partial charge < -0.3 is 25.3 Å². The highest BCUT2D eigenvalue weighted by atomic mass is 16.5. The van der Waals surface area contributed by atoms with Crippen molar-refractivity contribution in [3.8, 4) is 11.4 Å². The number of rotatable bonds is 7. The summed E-state index contributed by atoms with van der Waals surface area (Å²) in [7, 11) is 6.96. The third-order valence-corrected chi connectivity index (χ3v) is 5.02. The monoisotopic (exact) mass is 422 g/mol. The summed E-state index contributed by atoms with van der Waals surface area (Å²) < 4.78 is 6.57. The molecule has 31 heavy (non-hydrogen) atoms. The number of imidazole rings is 1. The molecule has 3 aromatic rings. The second-order valence-electron chi connectivity index (χ2n) is 7.32.